The fourth-order valence-corrected chi connectivity index (χ4v) is 2.55. The zero-order valence-electron chi connectivity index (χ0n) is 12.5. The first-order chi connectivity index (χ1) is 11.2. The Labute approximate surface area is 137 Å². The monoisotopic (exact) mass is 331 g/mol. The topological polar surface area (TPSA) is 80.3 Å². The third-order valence-electron chi connectivity index (χ3n) is 3.30. The molecule has 2 N–H and O–H groups in total. The van der Waals surface area contributed by atoms with Crippen LogP contribution in [0.4, 0.5) is 5.82 Å². The molecular formula is C16H17N3O3S. The molecule has 0 aliphatic heterocycles. The molecule has 2 aromatic rings. The van der Waals surface area contributed by atoms with Crippen LogP contribution in [0.3, 0.4) is 0 Å². The van der Waals surface area contributed by atoms with Gasteiger partial charge in [0.05, 0.1) is 12.1 Å². The van der Waals surface area contributed by atoms with E-state index in [0.29, 0.717) is 18.2 Å². The number of hydrogen-bond acceptors (Lipinski definition) is 6. The molecule has 0 unspecified atom stereocenters. The molecule has 1 aliphatic rings. The predicted octanol–water partition coefficient (Wildman–Crippen LogP) is 2.19. The Hall–Kier alpha value is -2.41. The van der Waals surface area contributed by atoms with Crippen molar-refractivity contribution < 1.29 is 14.3 Å². The zero-order chi connectivity index (χ0) is 16.1. The standard InChI is InChI=1S/C16H17N3O3S/c20-15(18-9-13-2-1-7-23-13)10-22-16(21)11-3-6-14(17-8-11)19-12-4-5-12/h1-3,6-8,12H,4-5,9-10H2,(H,17,19)(H,18,20). The van der Waals surface area contributed by atoms with E-state index in [1.54, 1.807) is 23.5 Å². The molecule has 2 heterocycles. The summed E-state index contributed by atoms with van der Waals surface area (Å²) in [6, 6.07) is 7.74. The number of anilines is 1. The Kier molecular flexibility index (Phi) is 4.87. The highest BCUT2D eigenvalue weighted by molar-refractivity contribution is 7.09. The van der Waals surface area contributed by atoms with Crippen molar-refractivity contribution in [1.29, 1.82) is 0 Å². The third kappa shape index (κ3) is 4.79. The van der Waals surface area contributed by atoms with Gasteiger partial charge in [-0.2, -0.15) is 0 Å². The van der Waals surface area contributed by atoms with Crippen molar-refractivity contribution in [1.82, 2.24) is 10.3 Å². The lowest BCUT2D eigenvalue weighted by molar-refractivity contribution is -0.124. The molecule has 3 rings (SSSR count). The minimum Gasteiger partial charge on any atom is -0.452 e. The van der Waals surface area contributed by atoms with Crippen LogP contribution in [-0.2, 0) is 16.1 Å². The maximum absolute atomic E-state index is 11.9. The van der Waals surface area contributed by atoms with Crippen molar-refractivity contribution in [3.05, 3.63) is 46.3 Å². The number of amides is 1. The van der Waals surface area contributed by atoms with E-state index >= 15 is 0 Å². The van der Waals surface area contributed by atoms with Crippen LogP contribution in [0.2, 0.25) is 0 Å². The van der Waals surface area contributed by atoms with Gasteiger partial charge in [-0.3, -0.25) is 4.79 Å². The van der Waals surface area contributed by atoms with Gasteiger partial charge < -0.3 is 15.4 Å². The molecule has 2 aromatic heterocycles. The van der Waals surface area contributed by atoms with Crippen LogP contribution < -0.4 is 10.6 Å². The second-order valence-corrected chi connectivity index (χ2v) is 6.32. The number of pyridine rings is 1. The first-order valence-corrected chi connectivity index (χ1v) is 8.27. The summed E-state index contributed by atoms with van der Waals surface area (Å²) in [4.78, 5) is 28.7. The van der Waals surface area contributed by atoms with Crippen LogP contribution in [-0.4, -0.2) is 29.5 Å². The van der Waals surface area contributed by atoms with E-state index in [9.17, 15) is 9.59 Å². The van der Waals surface area contributed by atoms with Gasteiger partial charge in [0.2, 0.25) is 0 Å². The number of esters is 1. The van der Waals surface area contributed by atoms with Crippen LogP contribution in [0, 0.1) is 0 Å². The number of carbonyl (C=O) groups is 2. The lowest BCUT2D eigenvalue weighted by Crippen LogP contribution is -2.28. The van der Waals surface area contributed by atoms with Crippen molar-refractivity contribution >= 4 is 29.0 Å². The SMILES string of the molecule is O=C(COC(=O)c1ccc(NC2CC2)nc1)NCc1cccs1. The number of hydrogen-bond donors (Lipinski definition) is 2. The van der Waals surface area contributed by atoms with Crippen LogP contribution in [0.25, 0.3) is 0 Å². The molecular weight excluding hydrogens is 314 g/mol. The van der Waals surface area contributed by atoms with Crippen molar-refractivity contribution in [2.45, 2.75) is 25.4 Å². The summed E-state index contributed by atoms with van der Waals surface area (Å²) >= 11 is 1.56. The molecule has 23 heavy (non-hydrogen) atoms. The van der Waals surface area contributed by atoms with Gasteiger partial charge in [0.1, 0.15) is 5.82 Å². The summed E-state index contributed by atoms with van der Waals surface area (Å²) in [7, 11) is 0. The van der Waals surface area contributed by atoms with Gasteiger partial charge >= 0.3 is 5.97 Å². The fourth-order valence-electron chi connectivity index (χ4n) is 1.90. The first-order valence-electron chi connectivity index (χ1n) is 7.39. The molecule has 0 radical (unpaired) electrons. The summed E-state index contributed by atoms with van der Waals surface area (Å²) in [5, 5.41) is 7.87. The van der Waals surface area contributed by atoms with Crippen LogP contribution in [0.5, 0.6) is 0 Å². The molecule has 6 nitrogen and oxygen atoms in total. The molecule has 0 spiro atoms. The Morgan fingerprint density at radius 2 is 2.17 bits per heavy atom. The van der Waals surface area contributed by atoms with Crippen molar-refractivity contribution in [3.8, 4) is 0 Å². The smallest absolute Gasteiger partial charge is 0.340 e. The largest absolute Gasteiger partial charge is 0.452 e. The second-order valence-electron chi connectivity index (χ2n) is 5.28. The Balaban J connectivity index is 1.41. The maximum Gasteiger partial charge on any atom is 0.340 e. The number of aromatic nitrogens is 1. The Morgan fingerprint density at radius 1 is 1.30 bits per heavy atom. The van der Waals surface area contributed by atoms with Crippen molar-refractivity contribution in [2.75, 3.05) is 11.9 Å². The highest BCUT2D eigenvalue weighted by Gasteiger charge is 2.21. The number of carbonyl (C=O) groups excluding carboxylic acids is 2. The van der Waals surface area contributed by atoms with E-state index < -0.39 is 5.97 Å². The second kappa shape index (κ2) is 7.23. The zero-order valence-corrected chi connectivity index (χ0v) is 13.3. The first kappa shape index (κ1) is 15.5. The maximum atomic E-state index is 11.9. The molecule has 1 aliphatic carbocycles. The summed E-state index contributed by atoms with van der Waals surface area (Å²) < 4.78 is 4.99. The van der Waals surface area contributed by atoms with Crippen LogP contribution in [0.15, 0.2) is 35.8 Å². The summed E-state index contributed by atoms with van der Waals surface area (Å²) in [5.74, 6) is -0.133. The molecule has 1 amide bonds. The lowest BCUT2D eigenvalue weighted by atomic mass is 10.3. The minimum atomic E-state index is -0.554. The Morgan fingerprint density at radius 3 is 2.83 bits per heavy atom. The molecule has 7 heteroatoms. The average molecular weight is 331 g/mol. The number of nitrogens with one attached hydrogen (secondary N) is 2. The van der Waals surface area contributed by atoms with Gasteiger partial charge in [-0.05, 0) is 36.4 Å². The van der Waals surface area contributed by atoms with Gasteiger partial charge in [-0.1, -0.05) is 6.07 Å². The van der Waals surface area contributed by atoms with Gasteiger partial charge in [0, 0.05) is 17.1 Å². The van der Waals surface area contributed by atoms with Crippen LogP contribution >= 0.6 is 11.3 Å². The van der Waals surface area contributed by atoms with Gasteiger partial charge in [0.25, 0.3) is 5.91 Å². The molecule has 0 bridgehead atoms. The molecule has 1 fully saturated rings. The average Bonchev–Trinajstić information content (AvgIpc) is 3.22. The van der Waals surface area contributed by atoms with E-state index in [4.69, 9.17) is 4.74 Å². The number of nitrogens with zero attached hydrogens (tertiary/aromatic N) is 1. The molecule has 0 atom stereocenters. The highest BCUT2D eigenvalue weighted by atomic mass is 32.1. The normalized spacial score (nSPS) is 13.4. The summed E-state index contributed by atoms with van der Waals surface area (Å²) in [6.45, 7) is 0.142. The van der Waals surface area contributed by atoms with E-state index in [-0.39, 0.29) is 12.5 Å². The molecule has 1 saturated carbocycles. The van der Waals surface area contributed by atoms with Gasteiger partial charge in [-0.15, -0.1) is 11.3 Å². The molecule has 0 aromatic carbocycles. The molecule has 120 valence electrons. The van der Waals surface area contributed by atoms with E-state index in [1.807, 2.05) is 17.5 Å². The Bertz CT molecular complexity index is 666. The number of thiophene rings is 1. The fraction of sp³-hybridized carbons (Fsp3) is 0.312. The minimum absolute atomic E-state index is 0.299. The summed E-state index contributed by atoms with van der Waals surface area (Å²) in [6.07, 6.45) is 3.77. The molecule has 0 saturated heterocycles. The third-order valence-corrected chi connectivity index (χ3v) is 4.18. The van der Waals surface area contributed by atoms with Crippen molar-refractivity contribution in [2.24, 2.45) is 0 Å². The van der Waals surface area contributed by atoms with E-state index in [1.165, 1.54) is 6.20 Å². The quantitative estimate of drug-likeness (QED) is 0.760. The van der Waals surface area contributed by atoms with Gasteiger partial charge in [0.15, 0.2) is 6.61 Å². The lowest BCUT2D eigenvalue weighted by Gasteiger charge is -2.07. The summed E-state index contributed by atoms with van der Waals surface area (Å²) in [5.41, 5.74) is 0.331. The highest BCUT2D eigenvalue weighted by Crippen LogP contribution is 2.23. The number of ether oxygens (including phenoxy) is 1. The van der Waals surface area contributed by atoms with E-state index in [0.717, 1.165) is 23.5 Å². The van der Waals surface area contributed by atoms with E-state index in [2.05, 4.69) is 15.6 Å². The van der Waals surface area contributed by atoms with Gasteiger partial charge in [-0.25, -0.2) is 9.78 Å². The van der Waals surface area contributed by atoms with Crippen molar-refractivity contribution in [3.63, 3.8) is 0 Å². The number of rotatable bonds is 7. The predicted molar refractivity (Wildman–Crippen MR) is 87.3 cm³/mol. The van der Waals surface area contributed by atoms with Crippen LogP contribution in [0.1, 0.15) is 28.1 Å².